The van der Waals surface area contributed by atoms with Gasteiger partial charge >= 0.3 is 0 Å². The molecular formula is C31H29FN3+. The van der Waals surface area contributed by atoms with Crippen LogP contribution in [0.15, 0.2) is 54.7 Å². The number of rotatable bonds is 2. The van der Waals surface area contributed by atoms with Gasteiger partial charge in [-0.2, -0.15) is 18.6 Å². The number of hydrogen-bond acceptors (Lipinski definition) is 1. The van der Waals surface area contributed by atoms with E-state index in [1.54, 1.807) is 11.5 Å². The van der Waals surface area contributed by atoms with Crippen molar-refractivity contribution in [3.05, 3.63) is 82.7 Å². The van der Waals surface area contributed by atoms with Crippen molar-refractivity contribution < 1.29 is 8.96 Å². The first-order valence-electron chi connectivity index (χ1n) is 12.3. The molecule has 3 nitrogen and oxygen atoms in total. The summed E-state index contributed by atoms with van der Waals surface area (Å²) in [6, 6.07) is 19.5. The number of aryl methyl sites for hydroxylation is 3. The van der Waals surface area contributed by atoms with Gasteiger partial charge in [-0.05, 0) is 73.6 Å². The van der Waals surface area contributed by atoms with Crippen LogP contribution < -0.4 is 4.57 Å². The lowest BCUT2D eigenvalue weighted by Gasteiger charge is -2.41. The van der Waals surface area contributed by atoms with Gasteiger partial charge in [-0.3, -0.25) is 0 Å². The molecule has 5 aromatic rings. The Hall–Kier alpha value is -3.71. The average Bonchev–Trinajstić information content (AvgIpc) is 3.22. The van der Waals surface area contributed by atoms with Gasteiger partial charge in [-0.15, -0.1) is 0 Å². The van der Waals surface area contributed by atoms with Gasteiger partial charge < -0.3 is 0 Å². The smallest absolute Gasteiger partial charge is 0.193 e. The number of pyridine rings is 1. The number of nitriles is 1. The summed E-state index contributed by atoms with van der Waals surface area (Å²) in [4.78, 5) is 0. The van der Waals surface area contributed by atoms with Crippen LogP contribution in [0, 0.1) is 32.1 Å². The molecule has 35 heavy (non-hydrogen) atoms. The van der Waals surface area contributed by atoms with Crippen LogP contribution in [0.1, 0.15) is 55.1 Å². The minimum atomic E-state index is -1.77. The van der Waals surface area contributed by atoms with Crippen LogP contribution >= 0.6 is 0 Å². The highest BCUT2D eigenvalue weighted by atomic mass is 19.1. The molecule has 0 fully saturated rings. The Bertz CT molecular complexity index is 1770. The SMILES string of the molecule is CCC1(C)c2ccc(-c3ccccc3C)c3c4cc(C)cc(C)c4n4cc(C#N)[n+](c4c23)[C@@]1(C)F. The molecule has 2 atom stereocenters. The molecule has 6 rings (SSSR count). The topological polar surface area (TPSA) is 32.1 Å². The molecule has 3 aromatic carbocycles. The lowest BCUT2D eigenvalue weighted by Crippen LogP contribution is -2.65. The summed E-state index contributed by atoms with van der Waals surface area (Å²) in [5, 5.41) is 13.4. The summed E-state index contributed by atoms with van der Waals surface area (Å²) < 4.78 is 20.8. The van der Waals surface area contributed by atoms with E-state index in [1.165, 1.54) is 16.7 Å². The van der Waals surface area contributed by atoms with Crippen molar-refractivity contribution in [2.75, 3.05) is 0 Å². The fourth-order valence-electron chi connectivity index (χ4n) is 6.52. The van der Waals surface area contributed by atoms with Crippen LogP contribution in [-0.2, 0) is 11.2 Å². The van der Waals surface area contributed by atoms with Crippen LogP contribution in [0.5, 0.6) is 0 Å². The Morgan fingerprint density at radius 3 is 2.40 bits per heavy atom. The molecule has 2 aromatic heterocycles. The molecule has 0 saturated heterocycles. The monoisotopic (exact) mass is 462 g/mol. The Balaban J connectivity index is 2.02. The largest absolute Gasteiger partial charge is 0.298 e. The molecule has 0 spiro atoms. The highest BCUT2D eigenvalue weighted by Gasteiger charge is 2.57. The number of alkyl halides is 1. The molecular weight excluding hydrogens is 433 g/mol. The number of benzene rings is 3. The summed E-state index contributed by atoms with van der Waals surface area (Å²) >= 11 is 0. The van der Waals surface area contributed by atoms with E-state index in [-0.39, 0.29) is 0 Å². The Labute approximate surface area is 205 Å². The molecule has 174 valence electrons. The first-order chi connectivity index (χ1) is 16.7. The van der Waals surface area contributed by atoms with E-state index in [0.717, 1.165) is 44.0 Å². The zero-order valence-corrected chi connectivity index (χ0v) is 21.1. The molecule has 3 heterocycles. The van der Waals surface area contributed by atoms with E-state index >= 15 is 4.39 Å². The quantitative estimate of drug-likeness (QED) is 0.200. The van der Waals surface area contributed by atoms with Gasteiger partial charge in [0, 0.05) is 17.7 Å². The zero-order valence-electron chi connectivity index (χ0n) is 21.1. The number of halogens is 1. The van der Waals surface area contributed by atoms with Gasteiger partial charge in [-0.25, -0.2) is 0 Å². The molecule has 0 amide bonds. The summed E-state index contributed by atoms with van der Waals surface area (Å²) in [6.45, 7) is 12.0. The van der Waals surface area contributed by atoms with Crippen LogP contribution in [-0.4, -0.2) is 4.40 Å². The number of nitrogens with zero attached hydrogens (tertiary/aromatic N) is 3. The minimum absolute atomic E-state index is 0.343. The third-order valence-electron chi connectivity index (χ3n) is 8.59. The maximum Gasteiger partial charge on any atom is 0.298 e. The molecule has 0 bridgehead atoms. The first-order valence-corrected chi connectivity index (χ1v) is 12.3. The lowest BCUT2D eigenvalue weighted by atomic mass is 9.68. The molecule has 4 heteroatoms. The van der Waals surface area contributed by atoms with Crippen molar-refractivity contribution in [3.8, 4) is 17.2 Å². The van der Waals surface area contributed by atoms with E-state index in [1.807, 2.05) is 20.0 Å². The first kappa shape index (κ1) is 21.8. The number of hydrogen-bond donors (Lipinski definition) is 0. The van der Waals surface area contributed by atoms with E-state index in [9.17, 15) is 5.26 Å². The number of imidazole rings is 1. The molecule has 0 saturated carbocycles. The van der Waals surface area contributed by atoms with Crippen molar-refractivity contribution in [2.24, 2.45) is 0 Å². The second-order valence-corrected chi connectivity index (χ2v) is 10.5. The third kappa shape index (κ3) is 2.51. The van der Waals surface area contributed by atoms with Crippen molar-refractivity contribution in [1.29, 1.82) is 5.26 Å². The van der Waals surface area contributed by atoms with Crippen LogP contribution in [0.2, 0.25) is 0 Å². The second kappa shape index (κ2) is 6.92. The van der Waals surface area contributed by atoms with Gasteiger partial charge in [0.1, 0.15) is 11.6 Å². The summed E-state index contributed by atoms with van der Waals surface area (Å²) in [7, 11) is 0. The Morgan fingerprint density at radius 2 is 1.71 bits per heavy atom. The standard InChI is InChI=1S/C31H29FN3/c1-7-30(5)25-13-12-23(22-11-9-8-10-19(22)3)26-24-15-18(2)14-20(4)28(24)34-17-21(16-33)35(31(30,6)32)29(34)27(25)26/h8-15,17H,7H2,1-6H3/q+1/t30?,31-/m1/s1. The van der Waals surface area contributed by atoms with E-state index in [4.69, 9.17) is 0 Å². The third-order valence-corrected chi connectivity index (χ3v) is 8.59. The molecule has 1 unspecified atom stereocenters. The lowest BCUT2D eigenvalue weighted by molar-refractivity contribution is -0.781. The molecule has 1 aliphatic heterocycles. The van der Waals surface area contributed by atoms with Crippen LogP contribution in [0.25, 0.3) is 38.4 Å². The summed E-state index contributed by atoms with van der Waals surface area (Å²) in [5.41, 5.74) is 8.15. The predicted octanol–water partition coefficient (Wildman–Crippen LogP) is 7.32. The second-order valence-electron chi connectivity index (χ2n) is 10.5. The van der Waals surface area contributed by atoms with Gasteiger partial charge in [0.15, 0.2) is 6.20 Å². The van der Waals surface area contributed by atoms with Crippen LogP contribution in [0.4, 0.5) is 4.39 Å². The molecule has 1 aliphatic rings. The van der Waals surface area contributed by atoms with Gasteiger partial charge in [-0.1, -0.05) is 49.4 Å². The maximum atomic E-state index is 17.0. The molecule has 0 aliphatic carbocycles. The highest BCUT2D eigenvalue weighted by Crippen LogP contribution is 2.51. The zero-order chi connectivity index (χ0) is 24.9. The van der Waals surface area contributed by atoms with E-state index in [2.05, 4.69) is 79.8 Å². The number of aromatic nitrogens is 2. The highest BCUT2D eigenvalue weighted by molar-refractivity contribution is 6.19. The Kier molecular flexibility index (Phi) is 4.31. The number of fused-ring (bicyclic) bond motifs is 3. The van der Waals surface area contributed by atoms with Crippen molar-refractivity contribution in [3.63, 3.8) is 0 Å². The minimum Gasteiger partial charge on any atom is -0.193 e. The Morgan fingerprint density at radius 1 is 0.971 bits per heavy atom. The average molecular weight is 463 g/mol. The maximum absolute atomic E-state index is 17.0. The summed E-state index contributed by atoms with van der Waals surface area (Å²) in [6.07, 6.45) is 2.43. The molecule has 0 N–H and O–H groups in total. The fraction of sp³-hybridized carbons (Fsp3) is 0.290. The van der Waals surface area contributed by atoms with Gasteiger partial charge in [0.25, 0.3) is 11.4 Å². The fourth-order valence-corrected chi connectivity index (χ4v) is 6.52. The summed E-state index contributed by atoms with van der Waals surface area (Å²) in [5.74, 6) is -1.77. The normalized spacial score (nSPS) is 21.3. The van der Waals surface area contributed by atoms with Crippen molar-refractivity contribution in [2.45, 2.75) is 59.2 Å². The van der Waals surface area contributed by atoms with Gasteiger partial charge in [0.2, 0.25) is 5.69 Å². The van der Waals surface area contributed by atoms with Crippen LogP contribution in [0.3, 0.4) is 0 Å². The van der Waals surface area contributed by atoms with E-state index in [0.29, 0.717) is 12.1 Å². The van der Waals surface area contributed by atoms with Gasteiger partial charge in [0.05, 0.1) is 10.8 Å². The molecule has 0 radical (unpaired) electrons. The predicted molar refractivity (Wildman–Crippen MR) is 139 cm³/mol. The van der Waals surface area contributed by atoms with Crippen molar-refractivity contribution >= 4 is 27.3 Å². The van der Waals surface area contributed by atoms with Crippen molar-refractivity contribution in [1.82, 2.24) is 4.40 Å². The van der Waals surface area contributed by atoms with E-state index < -0.39 is 11.2 Å².